The lowest BCUT2D eigenvalue weighted by molar-refractivity contribution is -0.0655. The van der Waals surface area contributed by atoms with Gasteiger partial charge in [0.25, 0.3) is 0 Å². The SMILES string of the molecule is CC(OC=COF)S(=O)(=O)F. The molecule has 0 aromatic heterocycles. The maximum Gasteiger partial charge on any atom is 0.340 e. The summed E-state index contributed by atoms with van der Waals surface area (Å²) in [4.78, 5) is 2.88. The monoisotopic (exact) mass is 188 g/mol. The first kappa shape index (κ1) is 10.2. The van der Waals surface area contributed by atoms with Gasteiger partial charge < -0.3 is 4.74 Å². The average Bonchev–Trinajstić information content (AvgIpc) is 1.86. The van der Waals surface area contributed by atoms with Crippen LogP contribution in [0, 0.1) is 0 Å². The molecule has 0 saturated heterocycles. The summed E-state index contributed by atoms with van der Waals surface area (Å²) < 4.78 is 46.8. The van der Waals surface area contributed by atoms with Gasteiger partial charge in [0.05, 0.1) is 0 Å². The van der Waals surface area contributed by atoms with Crippen LogP contribution >= 0.6 is 0 Å². The number of halogens is 2. The molecule has 0 amide bonds. The summed E-state index contributed by atoms with van der Waals surface area (Å²) in [6.45, 7) is 0.956. The Morgan fingerprint density at radius 3 is 2.36 bits per heavy atom. The van der Waals surface area contributed by atoms with Crippen molar-refractivity contribution in [2.24, 2.45) is 0 Å². The largest absolute Gasteiger partial charge is 0.476 e. The van der Waals surface area contributed by atoms with Gasteiger partial charge in [0.1, 0.15) is 6.26 Å². The second kappa shape index (κ2) is 4.12. The molecule has 0 aromatic carbocycles. The lowest BCUT2D eigenvalue weighted by Crippen LogP contribution is -2.13. The van der Waals surface area contributed by atoms with Crippen molar-refractivity contribution in [3.63, 3.8) is 0 Å². The molecule has 0 heterocycles. The molecular formula is C4H6F2O4S. The molecule has 0 spiro atoms. The third-order valence-electron chi connectivity index (χ3n) is 0.774. The quantitative estimate of drug-likeness (QED) is 0.488. The molecule has 0 radical (unpaired) electrons. The van der Waals surface area contributed by atoms with Gasteiger partial charge in [-0.05, 0) is 6.92 Å². The van der Waals surface area contributed by atoms with Crippen molar-refractivity contribution in [3.05, 3.63) is 12.5 Å². The minimum Gasteiger partial charge on any atom is -0.476 e. The molecule has 11 heavy (non-hydrogen) atoms. The topological polar surface area (TPSA) is 52.6 Å². The third kappa shape index (κ3) is 4.54. The van der Waals surface area contributed by atoms with Gasteiger partial charge in [-0.1, -0.05) is 0 Å². The molecule has 0 fully saturated rings. The molecule has 0 rings (SSSR count). The Morgan fingerprint density at radius 2 is 2.00 bits per heavy atom. The van der Waals surface area contributed by atoms with E-state index in [0.717, 1.165) is 6.92 Å². The van der Waals surface area contributed by atoms with Gasteiger partial charge in [-0.3, -0.25) is 4.94 Å². The van der Waals surface area contributed by atoms with Crippen LogP contribution < -0.4 is 0 Å². The van der Waals surface area contributed by atoms with E-state index in [1.165, 1.54) is 0 Å². The summed E-state index contributed by atoms with van der Waals surface area (Å²) in [6.07, 6.45) is 1.02. The fourth-order valence-electron chi connectivity index (χ4n) is 0.230. The van der Waals surface area contributed by atoms with Crippen LogP contribution in [0.2, 0.25) is 0 Å². The fraction of sp³-hybridized carbons (Fsp3) is 0.500. The summed E-state index contributed by atoms with van der Waals surface area (Å²) in [7, 11) is -4.73. The number of rotatable bonds is 4. The summed E-state index contributed by atoms with van der Waals surface area (Å²) in [5.41, 5.74) is -1.66. The highest BCUT2D eigenvalue weighted by Gasteiger charge is 2.18. The van der Waals surface area contributed by atoms with E-state index in [4.69, 9.17) is 0 Å². The van der Waals surface area contributed by atoms with Crippen LogP contribution in [-0.2, 0) is 19.9 Å². The van der Waals surface area contributed by atoms with E-state index in [2.05, 4.69) is 9.68 Å². The Morgan fingerprint density at radius 1 is 1.45 bits per heavy atom. The van der Waals surface area contributed by atoms with Gasteiger partial charge >= 0.3 is 10.2 Å². The lowest BCUT2D eigenvalue weighted by Gasteiger charge is -2.03. The molecule has 66 valence electrons. The fourth-order valence-corrected chi connectivity index (χ4v) is 0.427. The zero-order valence-corrected chi connectivity index (χ0v) is 6.35. The first-order chi connectivity index (χ1) is 4.98. The maximum absolute atomic E-state index is 11.9. The standard InChI is InChI=1S/C4H6F2O4S/c1-4(11(6,7)8)9-2-3-10-5/h2-4H,1H3. The molecule has 7 heteroatoms. The molecule has 0 saturated carbocycles. The number of hydrogen-bond donors (Lipinski definition) is 0. The van der Waals surface area contributed by atoms with Crippen LogP contribution in [0.25, 0.3) is 0 Å². The van der Waals surface area contributed by atoms with E-state index in [1.807, 2.05) is 0 Å². The van der Waals surface area contributed by atoms with Gasteiger partial charge in [-0.15, -0.1) is 3.89 Å². The molecular weight excluding hydrogens is 182 g/mol. The van der Waals surface area contributed by atoms with Crippen molar-refractivity contribution in [1.29, 1.82) is 0 Å². The van der Waals surface area contributed by atoms with Crippen molar-refractivity contribution in [3.8, 4) is 0 Å². The molecule has 4 nitrogen and oxygen atoms in total. The highest BCUT2D eigenvalue weighted by atomic mass is 32.3. The van der Waals surface area contributed by atoms with Crippen LogP contribution in [0.1, 0.15) is 6.92 Å². The van der Waals surface area contributed by atoms with E-state index in [9.17, 15) is 16.8 Å². The Bertz CT molecular complexity index is 222. The van der Waals surface area contributed by atoms with E-state index in [1.54, 1.807) is 0 Å². The average molecular weight is 188 g/mol. The van der Waals surface area contributed by atoms with Crippen molar-refractivity contribution < 1.29 is 26.5 Å². The molecule has 0 aromatic rings. The smallest absolute Gasteiger partial charge is 0.340 e. The van der Waals surface area contributed by atoms with Crippen LogP contribution in [0.15, 0.2) is 12.5 Å². The second-order valence-electron chi connectivity index (χ2n) is 1.54. The van der Waals surface area contributed by atoms with Crippen molar-refractivity contribution in [2.45, 2.75) is 12.4 Å². The van der Waals surface area contributed by atoms with Crippen LogP contribution in [0.3, 0.4) is 0 Å². The van der Waals surface area contributed by atoms with Crippen molar-refractivity contribution >= 4 is 10.2 Å². The molecule has 0 N–H and O–H groups in total. The molecule has 1 atom stereocenters. The summed E-state index contributed by atoms with van der Waals surface area (Å²) in [6, 6.07) is 0. The molecule has 0 aliphatic rings. The summed E-state index contributed by atoms with van der Waals surface area (Å²) in [5, 5.41) is 0. The Labute approximate surface area is 62.5 Å². The van der Waals surface area contributed by atoms with E-state index in [-0.39, 0.29) is 0 Å². The van der Waals surface area contributed by atoms with E-state index < -0.39 is 15.7 Å². The zero-order chi connectivity index (χ0) is 8.91. The number of hydrogen-bond acceptors (Lipinski definition) is 4. The minimum absolute atomic E-state index is 0.432. The molecule has 0 aliphatic heterocycles. The van der Waals surface area contributed by atoms with Crippen molar-refractivity contribution in [1.82, 2.24) is 0 Å². The van der Waals surface area contributed by atoms with Crippen LogP contribution in [0.5, 0.6) is 0 Å². The van der Waals surface area contributed by atoms with E-state index >= 15 is 0 Å². The minimum atomic E-state index is -4.73. The Kier molecular flexibility index (Phi) is 3.80. The van der Waals surface area contributed by atoms with Crippen LogP contribution in [-0.4, -0.2) is 13.9 Å². The number of ether oxygens (including phenoxy) is 1. The maximum atomic E-state index is 11.9. The van der Waals surface area contributed by atoms with E-state index in [0.29, 0.717) is 12.5 Å². The van der Waals surface area contributed by atoms with Crippen LogP contribution in [0.4, 0.5) is 8.41 Å². The first-order valence-corrected chi connectivity index (χ1v) is 3.94. The van der Waals surface area contributed by atoms with Gasteiger partial charge in [-0.2, -0.15) is 8.42 Å². The third-order valence-corrected chi connectivity index (χ3v) is 1.68. The summed E-state index contributed by atoms with van der Waals surface area (Å²) >= 11 is 0. The predicted octanol–water partition coefficient (Wildman–Crippen LogP) is 1.02. The highest BCUT2D eigenvalue weighted by Crippen LogP contribution is 2.04. The predicted molar refractivity (Wildman–Crippen MR) is 31.9 cm³/mol. The van der Waals surface area contributed by atoms with Gasteiger partial charge in [0.15, 0.2) is 6.26 Å². The second-order valence-corrected chi connectivity index (χ2v) is 3.16. The van der Waals surface area contributed by atoms with Gasteiger partial charge in [-0.25, -0.2) is 0 Å². The first-order valence-electron chi connectivity index (χ1n) is 2.50. The molecule has 1 unspecified atom stereocenters. The summed E-state index contributed by atoms with van der Waals surface area (Å²) in [5.74, 6) is 0. The normalized spacial score (nSPS) is 14.8. The lowest BCUT2D eigenvalue weighted by atomic mass is 10.8. The Hall–Kier alpha value is -0.850. The van der Waals surface area contributed by atoms with Gasteiger partial charge in [0, 0.05) is 4.53 Å². The van der Waals surface area contributed by atoms with Gasteiger partial charge in [0.2, 0.25) is 5.44 Å². The molecule has 0 bridgehead atoms. The highest BCUT2D eigenvalue weighted by molar-refractivity contribution is 7.86. The molecule has 0 aliphatic carbocycles. The zero-order valence-electron chi connectivity index (χ0n) is 5.53. The van der Waals surface area contributed by atoms with Crippen molar-refractivity contribution in [2.75, 3.05) is 0 Å². The Balaban J connectivity index is 3.90.